The monoisotopic (exact) mass is 237 g/mol. The Balaban J connectivity index is 2.34. The molecule has 0 heterocycles. The Labute approximate surface area is 104 Å². The maximum Gasteiger partial charge on any atom is 0.119 e. The first kappa shape index (κ1) is 14.0. The van der Waals surface area contributed by atoms with Gasteiger partial charge in [-0.25, -0.2) is 0 Å². The van der Waals surface area contributed by atoms with Crippen molar-refractivity contribution in [2.45, 2.75) is 32.9 Å². The second-order valence-corrected chi connectivity index (χ2v) is 4.15. The maximum absolute atomic E-state index is 5.72. The van der Waals surface area contributed by atoms with Gasteiger partial charge in [-0.2, -0.15) is 0 Å². The van der Waals surface area contributed by atoms with E-state index in [1.54, 1.807) is 7.11 Å². The van der Waals surface area contributed by atoms with Gasteiger partial charge in [-0.15, -0.1) is 0 Å². The van der Waals surface area contributed by atoms with Gasteiger partial charge >= 0.3 is 0 Å². The zero-order valence-electron chi connectivity index (χ0n) is 11.0. The van der Waals surface area contributed by atoms with Crippen LogP contribution in [0.2, 0.25) is 0 Å². The van der Waals surface area contributed by atoms with E-state index in [9.17, 15) is 0 Å². The molecule has 1 aromatic rings. The zero-order chi connectivity index (χ0) is 12.5. The molecule has 0 aliphatic carbocycles. The summed E-state index contributed by atoms with van der Waals surface area (Å²) in [5, 5.41) is 3.31. The smallest absolute Gasteiger partial charge is 0.119 e. The normalized spacial score (nSPS) is 12.4. The third-order valence-corrected chi connectivity index (χ3v) is 2.65. The summed E-state index contributed by atoms with van der Waals surface area (Å²) in [6.45, 7) is 6.70. The van der Waals surface area contributed by atoms with Gasteiger partial charge in [0.05, 0.1) is 12.7 Å². The predicted molar refractivity (Wildman–Crippen MR) is 70.4 cm³/mol. The van der Waals surface area contributed by atoms with Crippen LogP contribution in [0.15, 0.2) is 24.3 Å². The molecule has 0 fully saturated rings. The topological polar surface area (TPSA) is 30.5 Å². The van der Waals surface area contributed by atoms with Crippen LogP contribution < -0.4 is 10.1 Å². The second kappa shape index (κ2) is 8.09. The molecule has 0 spiro atoms. The summed E-state index contributed by atoms with van der Waals surface area (Å²) in [5.41, 5.74) is 1.26. The van der Waals surface area contributed by atoms with Gasteiger partial charge in [-0.1, -0.05) is 19.1 Å². The Hall–Kier alpha value is -1.06. The molecule has 0 amide bonds. The first-order valence-electron chi connectivity index (χ1n) is 6.21. The molecule has 3 nitrogen and oxygen atoms in total. The lowest BCUT2D eigenvalue weighted by Gasteiger charge is -2.12. The molecule has 0 aromatic heterocycles. The lowest BCUT2D eigenvalue weighted by molar-refractivity contribution is 0.199. The highest BCUT2D eigenvalue weighted by Gasteiger charge is 2.00. The molecule has 0 aliphatic rings. The van der Waals surface area contributed by atoms with Crippen molar-refractivity contribution in [2.24, 2.45) is 0 Å². The van der Waals surface area contributed by atoms with E-state index in [1.165, 1.54) is 5.56 Å². The molecule has 3 heteroatoms. The van der Waals surface area contributed by atoms with E-state index in [0.29, 0.717) is 0 Å². The second-order valence-electron chi connectivity index (χ2n) is 4.15. The van der Waals surface area contributed by atoms with E-state index in [4.69, 9.17) is 9.47 Å². The summed E-state index contributed by atoms with van der Waals surface area (Å²) < 4.78 is 10.7. The van der Waals surface area contributed by atoms with Gasteiger partial charge in [0.1, 0.15) is 5.75 Å². The first-order valence-corrected chi connectivity index (χ1v) is 6.21. The molecular weight excluding hydrogens is 214 g/mol. The molecule has 1 N–H and O–H groups in total. The van der Waals surface area contributed by atoms with Crippen molar-refractivity contribution < 1.29 is 9.47 Å². The van der Waals surface area contributed by atoms with Gasteiger partial charge in [0.15, 0.2) is 0 Å². The van der Waals surface area contributed by atoms with Crippen LogP contribution in [0, 0.1) is 0 Å². The Morgan fingerprint density at radius 3 is 2.53 bits per heavy atom. The summed E-state index contributed by atoms with van der Waals surface area (Å²) in [6, 6.07) is 8.24. The van der Waals surface area contributed by atoms with Crippen LogP contribution in [0.25, 0.3) is 0 Å². The van der Waals surface area contributed by atoms with Crippen molar-refractivity contribution in [1.82, 2.24) is 5.32 Å². The van der Waals surface area contributed by atoms with Crippen molar-refractivity contribution in [1.29, 1.82) is 0 Å². The predicted octanol–water partition coefficient (Wildman–Crippen LogP) is 2.60. The largest absolute Gasteiger partial charge is 0.491 e. The summed E-state index contributed by atoms with van der Waals surface area (Å²) in [7, 11) is 1.71. The molecule has 0 saturated carbocycles. The molecule has 0 radical (unpaired) electrons. The summed E-state index contributed by atoms with van der Waals surface area (Å²) >= 11 is 0. The minimum absolute atomic E-state index is 0.278. The molecular formula is C14H23NO2. The number of hydrogen-bond acceptors (Lipinski definition) is 3. The molecule has 17 heavy (non-hydrogen) atoms. The average molecular weight is 237 g/mol. The number of benzene rings is 1. The Morgan fingerprint density at radius 1 is 1.24 bits per heavy atom. The first-order chi connectivity index (χ1) is 8.26. The van der Waals surface area contributed by atoms with E-state index in [1.807, 2.05) is 12.1 Å². The number of methoxy groups -OCH3 is 1. The van der Waals surface area contributed by atoms with Crippen LogP contribution in [-0.4, -0.2) is 26.4 Å². The van der Waals surface area contributed by atoms with Gasteiger partial charge in [0.2, 0.25) is 0 Å². The molecule has 96 valence electrons. The molecule has 1 rings (SSSR count). The summed E-state index contributed by atoms with van der Waals surface area (Å²) in [4.78, 5) is 0. The number of rotatable bonds is 8. The van der Waals surface area contributed by atoms with Crippen molar-refractivity contribution >= 4 is 0 Å². The van der Waals surface area contributed by atoms with Crippen molar-refractivity contribution in [2.75, 3.05) is 20.3 Å². The molecule has 1 atom stereocenters. The fraction of sp³-hybridized carbons (Fsp3) is 0.571. The molecule has 1 unspecified atom stereocenters. The molecule has 1 aromatic carbocycles. The van der Waals surface area contributed by atoms with Gasteiger partial charge in [0, 0.05) is 20.2 Å². The van der Waals surface area contributed by atoms with E-state index >= 15 is 0 Å². The quantitative estimate of drug-likeness (QED) is 0.705. The fourth-order valence-corrected chi connectivity index (χ4v) is 1.41. The lowest BCUT2D eigenvalue weighted by atomic mass is 10.2. The van der Waals surface area contributed by atoms with Crippen LogP contribution in [0.1, 0.15) is 25.8 Å². The summed E-state index contributed by atoms with van der Waals surface area (Å²) in [6.07, 6.45) is 1.31. The van der Waals surface area contributed by atoms with E-state index < -0.39 is 0 Å². The SMILES string of the molecule is CCC(C)Oc1ccc(CNCCOC)cc1. The van der Waals surface area contributed by atoms with Crippen LogP contribution >= 0.6 is 0 Å². The Kier molecular flexibility index (Phi) is 6.67. The lowest BCUT2D eigenvalue weighted by Crippen LogP contribution is -2.18. The molecule has 0 saturated heterocycles. The Bertz CT molecular complexity index is 298. The van der Waals surface area contributed by atoms with Crippen molar-refractivity contribution in [3.8, 4) is 5.75 Å². The number of hydrogen-bond donors (Lipinski definition) is 1. The Morgan fingerprint density at radius 2 is 1.94 bits per heavy atom. The minimum Gasteiger partial charge on any atom is -0.491 e. The van der Waals surface area contributed by atoms with Crippen molar-refractivity contribution in [3.05, 3.63) is 29.8 Å². The minimum atomic E-state index is 0.278. The zero-order valence-corrected chi connectivity index (χ0v) is 11.0. The maximum atomic E-state index is 5.72. The average Bonchev–Trinajstić information content (AvgIpc) is 2.36. The highest BCUT2D eigenvalue weighted by molar-refractivity contribution is 5.27. The van der Waals surface area contributed by atoms with Gasteiger partial charge in [0.25, 0.3) is 0 Å². The standard InChI is InChI=1S/C14H23NO2/c1-4-12(2)17-14-7-5-13(6-8-14)11-15-9-10-16-3/h5-8,12,15H,4,9-11H2,1-3H3. The fourth-order valence-electron chi connectivity index (χ4n) is 1.41. The van der Waals surface area contributed by atoms with Crippen LogP contribution in [-0.2, 0) is 11.3 Å². The van der Waals surface area contributed by atoms with E-state index in [0.717, 1.165) is 31.9 Å². The van der Waals surface area contributed by atoms with Crippen LogP contribution in [0.5, 0.6) is 5.75 Å². The van der Waals surface area contributed by atoms with Crippen LogP contribution in [0.3, 0.4) is 0 Å². The van der Waals surface area contributed by atoms with E-state index in [-0.39, 0.29) is 6.10 Å². The summed E-state index contributed by atoms with van der Waals surface area (Å²) in [5.74, 6) is 0.944. The molecule has 0 aliphatic heterocycles. The number of nitrogens with one attached hydrogen (secondary N) is 1. The van der Waals surface area contributed by atoms with Gasteiger partial charge in [-0.3, -0.25) is 0 Å². The highest BCUT2D eigenvalue weighted by atomic mass is 16.5. The molecule has 0 bridgehead atoms. The van der Waals surface area contributed by atoms with Gasteiger partial charge in [-0.05, 0) is 31.0 Å². The van der Waals surface area contributed by atoms with Gasteiger partial charge < -0.3 is 14.8 Å². The number of ether oxygens (including phenoxy) is 2. The highest BCUT2D eigenvalue weighted by Crippen LogP contribution is 2.14. The van der Waals surface area contributed by atoms with Crippen molar-refractivity contribution in [3.63, 3.8) is 0 Å². The third kappa shape index (κ3) is 5.71. The third-order valence-electron chi connectivity index (χ3n) is 2.65. The van der Waals surface area contributed by atoms with E-state index in [2.05, 4.69) is 31.3 Å². The van der Waals surface area contributed by atoms with Crippen LogP contribution in [0.4, 0.5) is 0 Å².